The van der Waals surface area contributed by atoms with Gasteiger partial charge in [-0.25, -0.2) is 0 Å². The van der Waals surface area contributed by atoms with E-state index in [1.807, 2.05) is 6.07 Å². The van der Waals surface area contributed by atoms with Crippen LogP contribution < -0.4 is 0 Å². The molecule has 0 N–H and O–H groups in total. The summed E-state index contributed by atoms with van der Waals surface area (Å²) in [6.45, 7) is 3.18. The maximum absolute atomic E-state index is 11.4. The highest BCUT2D eigenvalue weighted by molar-refractivity contribution is 5.79. The van der Waals surface area contributed by atoms with Crippen LogP contribution in [0.25, 0.3) is 0 Å². The van der Waals surface area contributed by atoms with Gasteiger partial charge >= 0.3 is 5.97 Å². The molecule has 1 aliphatic rings. The summed E-state index contributed by atoms with van der Waals surface area (Å²) in [4.78, 5) is 11.4. The molecule has 13 heavy (non-hydrogen) atoms. The van der Waals surface area contributed by atoms with Gasteiger partial charge < -0.3 is 4.74 Å². The summed E-state index contributed by atoms with van der Waals surface area (Å²) in [5, 5.41) is 8.69. The molecule has 1 aliphatic carbocycles. The molecule has 0 amide bonds. The topological polar surface area (TPSA) is 50.1 Å². The second kappa shape index (κ2) is 3.78. The van der Waals surface area contributed by atoms with E-state index in [-0.39, 0.29) is 12.1 Å². The highest BCUT2D eigenvalue weighted by Gasteiger charge is 2.32. The van der Waals surface area contributed by atoms with Crippen LogP contribution in [0.1, 0.15) is 39.5 Å². The summed E-state index contributed by atoms with van der Waals surface area (Å²) in [7, 11) is 0. The van der Waals surface area contributed by atoms with Crippen LogP contribution in [0.2, 0.25) is 0 Å². The van der Waals surface area contributed by atoms with Crippen LogP contribution in [-0.4, -0.2) is 12.1 Å². The normalized spacial score (nSPS) is 18.2. The largest absolute Gasteiger partial charge is 0.461 e. The second-order valence-electron chi connectivity index (χ2n) is 4.05. The van der Waals surface area contributed by atoms with Crippen molar-refractivity contribution in [2.24, 2.45) is 5.41 Å². The van der Waals surface area contributed by atoms with E-state index in [1.54, 1.807) is 13.8 Å². The minimum absolute atomic E-state index is 0.0557. The summed E-state index contributed by atoms with van der Waals surface area (Å²) in [6.07, 6.45) is 4.22. The zero-order valence-corrected chi connectivity index (χ0v) is 8.17. The summed E-state index contributed by atoms with van der Waals surface area (Å²) >= 11 is 0. The van der Waals surface area contributed by atoms with E-state index < -0.39 is 5.41 Å². The Balaban J connectivity index is 2.45. The van der Waals surface area contributed by atoms with Crippen molar-refractivity contribution >= 4 is 5.97 Å². The molecule has 0 unspecified atom stereocenters. The SMILES string of the molecule is CC(C)(C#N)C(=O)OC1CCCC1. The van der Waals surface area contributed by atoms with E-state index in [0.29, 0.717) is 0 Å². The third-order valence-electron chi connectivity index (χ3n) is 2.37. The molecule has 72 valence electrons. The minimum atomic E-state index is -0.997. The van der Waals surface area contributed by atoms with Gasteiger partial charge in [-0.05, 0) is 39.5 Å². The zero-order valence-electron chi connectivity index (χ0n) is 8.17. The lowest BCUT2D eigenvalue weighted by atomic mass is 9.96. The maximum atomic E-state index is 11.4. The van der Waals surface area contributed by atoms with Crippen LogP contribution in [-0.2, 0) is 9.53 Å². The third kappa shape index (κ3) is 2.45. The number of nitrogens with zero attached hydrogens (tertiary/aromatic N) is 1. The van der Waals surface area contributed by atoms with Crippen molar-refractivity contribution in [3.63, 3.8) is 0 Å². The lowest BCUT2D eigenvalue weighted by Gasteiger charge is -2.17. The Morgan fingerprint density at radius 1 is 1.46 bits per heavy atom. The quantitative estimate of drug-likeness (QED) is 0.612. The third-order valence-corrected chi connectivity index (χ3v) is 2.37. The Hall–Kier alpha value is -1.04. The molecule has 0 spiro atoms. The molecular formula is C10H15NO2. The smallest absolute Gasteiger partial charge is 0.326 e. The van der Waals surface area contributed by atoms with Crippen molar-refractivity contribution in [3.8, 4) is 6.07 Å². The number of nitriles is 1. The predicted octanol–water partition coefficient (Wildman–Crippen LogP) is 2.02. The van der Waals surface area contributed by atoms with E-state index in [1.165, 1.54) is 0 Å². The van der Waals surface area contributed by atoms with Crippen LogP contribution >= 0.6 is 0 Å². The molecule has 3 nitrogen and oxygen atoms in total. The molecule has 0 atom stereocenters. The van der Waals surface area contributed by atoms with Crippen LogP contribution in [0, 0.1) is 16.7 Å². The molecule has 1 rings (SSSR count). The van der Waals surface area contributed by atoms with Crippen molar-refractivity contribution in [1.82, 2.24) is 0 Å². The van der Waals surface area contributed by atoms with Gasteiger partial charge in [-0.1, -0.05) is 0 Å². The number of hydrogen-bond acceptors (Lipinski definition) is 3. The first kappa shape index (κ1) is 10.0. The van der Waals surface area contributed by atoms with Crippen molar-refractivity contribution in [1.29, 1.82) is 5.26 Å². The van der Waals surface area contributed by atoms with Gasteiger partial charge in [-0.15, -0.1) is 0 Å². The Labute approximate surface area is 78.7 Å². The summed E-state index contributed by atoms with van der Waals surface area (Å²) in [5.74, 6) is -0.387. The minimum Gasteiger partial charge on any atom is -0.461 e. The predicted molar refractivity (Wildman–Crippen MR) is 47.7 cm³/mol. The van der Waals surface area contributed by atoms with Gasteiger partial charge in [0.2, 0.25) is 0 Å². The molecule has 0 radical (unpaired) electrons. The van der Waals surface area contributed by atoms with E-state index in [4.69, 9.17) is 10.00 Å². The van der Waals surface area contributed by atoms with E-state index in [9.17, 15) is 4.79 Å². The average molecular weight is 181 g/mol. The summed E-state index contributed by atoms with van der Waals surface area (Å²) in [5.41, 5.74) is -0.997. The van der Waals surface area contributed by atoms with Crippen LogP contribution in [0.15, 0.2) is 0 Å². The zero-order chi connectivity index (χ0) is 9.90. The molecule has 0 aromatic heterocycles. The van der Waals surface area contributed by atoms with Crippen LogP contribution in [0.3, 0.4) is 0 Å². The first-order chi connectivity index (χ1) is 6.06. The van der Waals surface area contributed by atoms with Gasteiger partial charge in [0, 0.05) is 0 Å². The monoisotopic (exact) mass is 181 g/mol. The highest BCUT2D eigenvalue weighted by atomic mass is 16.5. The van der Waals surface area contributed by atoms with Crippen molar-refractivity contribution in [2.75, 3.05) is 0 Å². The fourth-order valence-electron chi connectivity index (χ4n) is 1.35. The van der Waals surface area contributed by atoms with Crippen molar-refractivity contribution < 1.29 is 9.53 Å². The summed E-state index contributed by atoms with van der Waals surface area (Å²) < 4.78 is 5.21. The molecule has 0 aliphatic heterocycles. The van der Waals surface area contributed by atoms with Gasteiger partial charge in [0.25, 0.3) is 0 Å². The van der Waals surface area contributed by atoms with Gasteiger partial charge in [0.05, 0.1) is 6.07 Å². The molecule has 0 heterocycles. The van der Waals surface area contributed by atoms with Crippen LogP contribution in [0.5, 0.6) is 0 Å². The fraction of sp³-hybridized carbons (Fsp3) is 0.800. The lowest BCUT2D eigenvalue weighted by molar-refractivity contribution is -0.156. The standard InChI is InChI=1S/C10H15NO2/c1-10(2,7-11)9(12)13-8-5-3-4-6-8/h8H,3-6H2,1-2H3. The average Bonchev–Trinajstić information content (AvgIpc) is 2.57. The van der Waals surface area contributed by atoms with Crippen LogP contribution in [0.4, 0.5) is 0 Å². The van der Waals surface area contributed by atoms with Crippen molar-refractivity contribution in [2.45, 2.75) is 45.6 Å². The number of carbonyl (C=O) groups is 1. The van der Waals surface area contributed by atoms with Gasteiger partial charge in [-0.2, -0.15) is 5.26 Å². The molecule has 1 fully saturated rings. The Kier molecular flexibility index (Phi) is 2.92. The number of rotatable bonds is 2. The van der Waals surface area contributed by atoms with Crippen molar-refractivity contribution in [3.05, 3.63) is 0 Å². The molecule has 0 bridgehead atoms. The van der Waals surface area contributed by atoms with E-state index >= 15 is 0 Å². The van der Waals surface area contributed by atoms with E-state index in [2.05, 4.69) is 0 Å². The summed E-state index contributed by atoms with van der Waals surface area (Å²) in [6, 6.07) is 1.94. The number of esters is 1. The Morgan fingerprint density at radius 2 is 2.00 bits per heavy atom. The molecule has 0 aromatic carbocycles. The fourth-order valence-corrected chi connectivity index (χ4v) is 1.35. The lowest BCUT2D eigenvalue weighted by Crippen LogP contribution is -2.28. The molecular weight excluding hydrogens is 166 g/mol. The molecule has 1 saturated carbocycles. The first-order valence-corrected chi connectivity index (χ1v) is 4.68. The first-order valence-electron chi connectivity index (χ1n) is 4.68. The number of hydrogen-bond donors (Lipinski definition) is 0. The second-order valence-corrected chi connectivity index (χ2v) is 4.05. The van der Waals surface area contributed by atoms with Gasteiger partial charge in [0.1, 0.15) is 11.5 Å². The number of carbonyl (C=O) groups excluding carboxylic acids is 1. The maximum Gasteiger partial charge on any atom is 0.326 e. The van der Waals surface area contributed by atoms with E-state index in [0.717, 1.165) is 25.7 Å². The molecule has 0 aromatic rings. The highest BCUT2D eigenvalue weighted by Crippen LogP contribution is 2.24. The molecule has 3 heteroatoms. The molecule has 0 saturated heterocycles. The van der Waals surface area contributed by atoms with Gasteiger partial charge in [-0.3, -0.25) is 4.79 Å². The van der Waals surface area contributed by atoms with Gasteiger partial charge in [0.15, 0.2) is 0 Å². The number of ether oxygens (including phenoxy) is 1. The Bertz CT molecular complexity index is 234. The Morgan fingerprint density at radius 3 is 2.46 bits per heavy atom.